The van der Waals surface area contributed by atoms with E-state index in [9.17, 15) is 8.42 Å². The van der Waals surface area contributed by atoms with E-state index in [1.807, 2.05) is 13.8 Å². The molecule has 1 aliphatic rings. The average Bonchev–Trinajstić information content (AvgIpc) is 2.67. The van der Waals surface area contributed by atoms with Crippen LogP contribution in [0.1, 0.15) is 33.1 Å². The van der Waals surface area contributed by atoms with Crippen molar-refractivity contribution < 1.29 is 13.5 Å². The number of aliphatic hydroxyl groups is 1. The topological polar surface area (TPSA) is 54.4 Å². The summed E-state index contributed by atoms with van der Waals surface area (Å²) in [5, 5.41) is 9.01. The lowest BCUT2D eigenvalue weighted by Gasteiger charge is -2.25. The molecule has 0 radical (unpaired) electrons. The molecular weight excluding hydrogens is 212 g/mol. The van der Waals surface area contributed by atoms with Crippen LogP contribution in [0.15, 0.2) is 0 Å². The number of halogens is 1. The summed E-state index contributed by atoms with van der Waals surface area (Å²) >= 11 is 0. The molecule has 0 aromatic carbocycles. The Hall–Kier alpha value is 0.200. The van der Waals surface area contributed by atoms with Gasteiger partial charge in [-0.3, -0.25) is 0 Å². The van der Waals surface area contributed by atoms with Gasteiger partial charge in [0.2, 0.25) is 9.05 Å². The van der Waals surface area contributed by atoms with Crippen LogP contribution in [0, 0.1) is 5.41 Å². The van der Waals surface area contributed by atoms with Gasteiger partial charge in [0.25, 0.3) is 0 Å². The summed E-state index contributed by atoms with van der Waals surface area (Å²) in [5.41, 5.74) is -0.363. The highest BCUT2D eigenvalue weighted by atomic mass is 35.7. The van der Waals surface area contributed by atoms with Crippen molar-refractivity contribution in [3.05, 3.63) is 0 Å². The Kier molecular flexibility index (Phi) is 2.69. The van der Waals surface area contributed by atoms with Crippen LogP contribution in [-0.4, -0.2) is 24.9 Å². The second kappa shape index (κ2) is 3.11. The van der Waals surface area contributed by atoms with E-state index >= 15 is 0 Å². The molecule has 0 unspecified atom stereocenters. The molecule has 0 aromatic rings. The Bertz CT molecular complexity index is 291. The van der Waals surface area contributed by atoms with Crippen molar-refractivity contribution in [2.75, 3.05) is 6.61 Å². The molecular formula is C8H15ClO3S. The summed E-state index contributed by atoms with van der Waals surface area (Å²) in [6, 6.07) is 0. The Morgan fingerprint density at radius 3 is 2.15 bits per heavy atom. The highest BCUT2D eigenvalue weighted by molar-refractivity contribution is 8.15. The van der Waals surface area contributed by atoms with Gasteiger partial charge in [-0.25, -0.2) is 8.42 Å². The Labute approximate surface area is 83.5 Å². The van der Waals surface area contributed by atoms with E-state index in [0.717, 1.165) is 0 Å². The number of rotatable bonds is 4. The largest absolute Gasteiger partial charge is 0.396 e. The molecule has 1 N–H and O–H groups in total. The van der Waals surface area contributed by atoms with Crippen molar-refractivity contribution in [2.45, 2.75) is 37.9 Å². The van der Waals surface area contributed by atoms with Crippen LogP contribution in [-0.2, 0) is 9.05 Å². The second-order valence-corrected chi connectivity index (χ2v) is 7.58. The molecule has 3 nitrogen and oxygen atoms in total. The van der Waals surface area contributed by atoms with Crippen LogP contribution in [0.25, 0.3) is 0 Å². The van der Waals surface area contributed by atoms with Crippen LogP contribution in [0.3, 0.4) is 0 Å². The van der Waals surface area contributed by atoms with Gasteiger partial charge < -0.3 is 5.11 Å². The fraction of sp³-hybridized carbons (Fsp3) is 1.00. The molecule has 5 heteroatoms. The summed E-state index contributed by atoms with van der Waals surface area (Å²) in [5.74, 6) is 0. The van der Waals surface area contributed by atoms with Gasteiger partial charge in [-0.15, -0.1) is 0 Å². The smallest absolute Gasteiger partial charge is 0.238 e. The highest BCUT2D eigenvalue weighted by Gasteiger charge is 2.55. The van der Waals surface area contributed by atoms with Crippen molar-refractivity contribution in [1.82, 2.24) is 0 Å². The first-order valence-corrected chi connectivity index (χ1v) is 6.59. The van der Waals surface area contributed by atoms with E-state index in [1.54, 1.807) is 0 Å². The standard InChI is InChI=1S/C8H15ClO3S/c1-7(2,6-10)5-8(3-4-8)13(9,11)12/h10H,3-6H2,1-2H3. The molecule has 0 aliphatic heterocycles. The predicted octanol–water partition coefficient (Wildman–Crippen LogP) is 1.50. The van der Waals surface area contributed by atoms with Gasteiger partial charge in [0.15, 0.2) is 0 Å². The maximum atomic E-state index is 11.2. The lowest BCUT2D eigenvalue weighted by Crippen LogP contribution is -2.29. The Balaban J connectivity index is 2.76. The van der Waals surface area contributed by atoms with Gasteiger partial charge in [0.1, 0.15) is 0 Å². The van der Waals surface area contributed by atoms with E-state index in [1.165, 1.54) is 0 Å². The summed E-state index contributed by atoms with van der Waals surface area (Å²) in [7, 11) is 1.87. The molecule has 1 fully saturated rings. The van der Waals surface area contributed by atoms with Gasteiger partial charge in [-0.05, 0) is 24.7 Å². The number of aliphatic hydroxyl groups excluding tert-OH is 1. The summed E-state index contributed by atoms with van der Waals surface area (Å²) < 4.78 is 21.6. The summed E-state index contributed by atoms with van der Waals surface area (Å²) in [6.45, 7) is 3.67. The van der Waals surface area contributed by atoms with Gasteiger partial charge in [0.05, 0.1) is 4.75 Å². The van der Waals surface area contributed by atoms with E-state index in [4.69, 9.17) is 15.8 Å². The molecule has 0 bridgehead atoms. The average molecular weight is 227 g/mol. The maximum absolute atomic E-state index is 11.2. The minimum atomic E-state index is -3.47. The fourth-order valence-corrected chi connectivity index (χ4v) is 3.35. The monoisotopic (exact) mass is 226 g/mol. The second-order valence-electron chi connectivity index (χ2n) is 4.62. The molecule has 13 heavy (non-hydrogen) atoms. The minimum absolute atomic E-state index is 0.0127. The van der Waals surface area contributed by atoms with Gasteiger partial charge in [-0.1, -0.05) is 13.8 Å². The van der Waals surface area contributed by atoms with Crippen molar-refractivity contribution >= 4 is 19.7 Å². The highest BCUT2D eigenvalue weighted by Crippen LogP contribution is 2.52. The van der Waals surface area contributed by atoms with Crippen molar-refractivity contribution in [1.29, 1.82) is 0 Å². The zero-order valence-electron chi connectivity index (χ0n) is 7.88. The number of hydrogen-bond acceptors (Lipinski definition) is 3. The molecule has 0 atom stereocenters. The zero-order valence-corrected chi connectivity index (χ0v) is 9.45. The van der Waals surface area contributed by atoms with Crippen LogP contribution in [0.2, 0.25) is 0 Å². The minimum Gasteiger partial charge on any atom is -0.396 e. The third-order valence-corrected chi connectivity index (χ3v) is 5.12. The van der Waals surface area contributed by atoms with Crippen molar-refractivity contribution in [3.8, 4) is 0 Å². The van der Waals surface area contributed by atoms with E-state index in [-0.39, 0.29) is 12.0 Å². The molecule has 0 amide bonds. The first-order chi connectivity index (χ1) is 5.72. The first-order valence-electron chi connectivity index (χ1n) is 4.28. The van der Waals surface area contributed by atoms with Gasteiger partial charge >= 0.3 is 0 Å². The predicted molar refractivity (Wildman–Crippen MR) is 52.2 cm³/mol. The van der Waals surface area contributed by atoms with E-state index in [2.05, 4.69) is 0 Å². The molecule has 1 aliphatic carbocycles. The third-order valence-electron chi connectivity index (χ3n) is 2.55. The van der Waals surface area contributed by atoms with Crippen molar-refractivity contribution in [3.63, 3.8) is 0 Å². The normalized spacial score (nSPS) is 21.5. The van der Waals surface area contributed by atoms with Gasteiger partial charge in [0, 0.05) is 17.3 Å². The van der Waals surface area contributed by atoms with Crippen molar-refractivity contribution in [2.24, 2.45) is 5.41 Å². The Morgan fingerprint density at radius 2 is 1.92 bits per heavy atom. The molecule has 0 aromatic heterocycles. The zero-order chi connectivity index (χ0) is 10.3. The molecule has 0 spiro atoms. The maximum Gasteiger partial charge on any atom is 0.238 e. The SMILES string of the molecule is CC(C)(CO)CC1(S(=O)(=O)Cl)CC1. The number of hydrogen-bond donors (Lipinski definition) is 1. The summed E-state index contributed by atoms with van der Waals surface area (Å²) in [6.07, 6.45) is 1.70. The lowest BCUT2D eigenvalue weighted by atomic mass is 9.88. The van der Waals surface area contributed by atoms with Crippen LogP contribution < -0.4 is 0 Å². The Morgan fingerprint density at radius 1 is 1.46 bits per heavy atom. The molecule has 1 rings (SSSR count). The van der Waals surface area contributed by atoms with Crippen LogP contribution in [0.5, 0.6) is 0 Å². The lowest BCUT2D eigenvalue weighted by molar-refractivity contribution is 0.147. The van der Waals surface area contributed by atoms with Crippen LogP contribution >= 0.6 is 10.7 Å². The van der Waals surface area contributed by atoms with E-state index in [0.29, 0.717) is 19.3 Å². The molecule has 0 saturated heterocycles. The third kappa shape index (κ3) is 2.36. The first kappa shape index (κ1) is 11.3. The molecule has 0 heterocycles. The summed E-state index contributed by atoms with van der Waals surface area (Å²) in [4.78, 5) is 0. The molecule has 1 saturated carbocycles. The van der Waals surface area contributed by atoms with Gasteiger partial charge in [-0.2, -0.15) is 0 Å². The van der Waals surface area contributed by atoms with Crippen LogP contribution in [0.4, 0.5) is 0 Å². The molecule has 78 valence electrons. The van der Waals surface area contributed by atoms with E-state index < -0.39 is 13.8 Å². The fourth-order valence-electron chi connectivity index (χ4n) is 1.57. The quantitative estimate of drug-likeness (QED) is 0.740.